The maximum atomic E-state index is 14.0. The highest BCUT2D eigenvalue weighted by Crippen LogP contribution is 2.25. The molecule has 3 aromatic rings. The van der Waals surface area contributed by atoms with Crippen molar-refractivity contribution in [2.24, 2.45) is 0 Å². The summed E-state index contributed by atoms with van der Waals surface area (Å²) in [6.45, 7) is 0.434. The van der Waals surface area contributed by atoms with Gasteiger partial charge in [0.2, 0.25) is 0 Å². The first-order chi connectivity index (χ1) is 11.9. The Morgan fingerprint density at radius 1 is 1.28 bits per heavy atom. The molecule has 1 aromatic heterocycles. The highest BCUT2D eigenvalue weighted by Gasteiger charge is 2.11. The van der Waals surface area contributed by atoms with E-state index in [2.05, 4.69) is 10.3 Å². The van der Waals surface area contributed by atoms with E-state index in [1.165, 1.54) is 6.07 Å². The van der Waals surface area contributed by atoms with Crippen molar-refractivity contribution < 1.29 is 9.18 Å². The Balaban J connectivity index is 1.61. The van der Waals surface area contributed by atoms with Crippen LogP contribution in [-0.4, -0.2) is 31.5 Å². The van der Waals surface area contributed by atoms with E-state index < -0.39 is 5.82 Å². The van der Waals surface area contributed by atoms with Gasteiger partial charge < -0.3 is 10.2 Å². The van der Waals surface area contributed by atoms with Gasteiger partial charge in [0.25, 0.3) is 5.91 Å². The van der Waals surface area contributed by atoms with E-state index >= 15 is 0 Å². The number of halogens is 2. The molecule has 0 aliphatic carbocycles. The zero-order valence-electron chi connectivity index (χ0n) is 13.8. The van der Waals surface area contributed by atoms with Crippen LogP contribution in [0.2, 0.25) is 5.02 Å². The van der Waals surface area contributed by atoms with Gasteiger partial charge in [0, 0.05) is 37.6 Å². The Kier molecular flexibility index (Phi) is 5.20. The van der Waals surface area contributed by atoms with E-state index in [0.29, 0.717) is 29.2 Å². The Bertz CT molecular complexity index is 926. The van der Waals surface area contributed by atoms with E-state index in [0.717, 1.165) is 15.2 Å². The number of benzene rings is 2. The van der Waals surface area contributed by atoms with Gasteiger partial charge in [-0.05, 0) is 36.4 Å². The largest absolute Gasteiger partial charge is 0.375 e. The number of carbonyl (C=O) groups excluding carboxylic acids is 1. The van der Waals surface area contributed by atoms with E-state index in [9.17, 15) is 9.18 Å². The van der Waals surface area contributed by atoms with Crippen molar-refractivity contribution in [1.82, 2.24) is 10.3 Å². The lowest BCUT2D eigenvalue weighted by Crippen LogP contribution is -2.26. The van der Waals surface area contributed by atoms with Gasteiger partial charge in [0.1, 0.15) is 5.82 Å². The van der Waals surface area contributed by atoms with Gasteiger partial charge in [-0.1, -0.05) is 11.6 Å². The van der Waals surface area contributed by atoms with Crippen LogP contribution in [0.25, 0.3) is 10.2 Å². The van der Waals surface area contributed by atoms with Crippen LogP contribution in [0.4, 0.5) is 10.1 Å². The minimum absolute atomic E-state index is 0.298. The zero-order chi connectivity index (χ0) is 18.0. The smallest absolute Gasteiger partial charge is 0.251 e. The molecule has 0 aliphatic heterocycles. The van der Waals surface area contributed by atoms with Crippen molar-refractivity contribution in [3.05, 3.63) is 57.8 Å². The summed E-state index contributed by atoms with van der Waals surface area (Å²) in [5, 5.41) is 4.38. The van der Waals surface area contributed by atoms with Crippen LogP contribution in [0.15, 0.2) is 36.4 Å². The standard InChI is InChI=1S/C18H17ClFN3OS/c1-23(2)15-5-3-11(9-13(15)20)18(24)21-8-7-17-22-14-10-12(19)4-6-16(14)25-17/h3-6,9-10H,7-8H2,1-2H3,(H,21,24). The number of aromatic nitrogens is 1. The van der Waals surface area contributed by atoms with E-state index in [-0.39, 0.29) is 5.91 Å². The average Bonchev–Trinajstić information content (AvgIpc) is 2.96. The van der Waals surface area contributed by atoms with Gasteiger partial charge in [0.05, 0.1) is 20.9 Å². The zero-order valence-corrected chi connectivity index (χ0v) is 15.4. The summed E-state index contributed by atoms with van der Waals surface area (Å²) in [7, 11) is 3.51. The third-order valence-electron chi connectivity index (χ3n) is 3.71. The topological polar surface area (TPSA) is 45.2 Å². The Labute approximate surface area is 154 Å². The number of nitrogens with zero attached hydrogens (tertiary/aromatic N) is 2. The molecule has 2 aromatic carbocycles. The normalized spacial score (nSPS) is 10.9. The summed E-state index contributed by atoms with van der Waals surface area (Å²) < 4.78 is 15.0. The third kappa shape index (κ3) is 4.08. The summed E-state index contributed by atoms with van der Waals surface area (Å²) in [5.74, 6) is -0.714. The number of rotatable bonds is 5. The molecule has 0 radical (unpaired) electrons. The minimum atomic E-state index is -0.416. The van der Waals surface area contributed by atoms with Crippen LogP contribution in [-0.2, 0) is 6.42 Å². The lowest BCUT2D eigenvalue weighted by molar-refractivity contribution is 0.0953. The molecule has 0 fully saturated rings. The summed E-state index contributed by atoms with van der Waals surface area (Å²) in [6, 6.07) is 10.1. The number of hydrogen-bond acceptors (Lipinski definition) is 4. The number of thiazole rings is 1. The van der Waals surface area contributed by atoms with Gasteiger partial charge in [-0.3, -0.25) is 4.79 Å². The molecule has 1 amide bonds. The summed E-state index contributed by atoms with van der Waals surface area (Å²) in [6.07, 6.45) is 0.612. The molecule has 0 bridgehead atoms. The fourth-order valence-corrected chi connectivity index (χ4v) is 3.56. The van der Waals surface area contributed by atoms with Crippen molar-refractivity contribution in [2.45, 2.75) is 6.42 Å². The van der Waals surface area contributed by atoms with Gasteiger partial charge in [-0.25, -0.2) is 9.37 Å². The van der Waals surface area contributed by atoms with E-state index in [4.69, 9.17) is 11.6 Å². The summed E-state index contributed by atoms with van der Waals surface area (Å²) in [5.41, 5.74) is 1.61. The maximum Gasteiger partial charge on any atom is 0.251 e. The molecule has 1 N–H and O–H groups in total. The average molecular weight is 378 g/mol. The fraction of sp³-hybridized carbons (Fsp3) is 0.222. The van der Waals surface area contributed by atoms with Crippen LogP contribution >= 0.6 is 22.9 Å². The molecule has 1 heterocycles. The monoisotopic (exact) mass is 377 g/mol. The van der Waals surface area contributed by atoms with Gasteiger partial charge in [-0.2, -0.15) is 0 Å². The first-order valence-electron chi connectivity index (χ1n) is 7.74. The van der Waals surface area contributed by atoms with Crippen molar-refractivity contribution in [3.63, 3.8) is 0 Å². The predicted octanol–water partition coefficient (Wildman–Crippen LogP) is 4.13. The predicted molar refractivity (Wildman–Crippen MR) is 101 cm³/mol. The lowest BCUT2D eigenvalue weighted by Gasteiger charge is -2.14. The van der Waals surface area contributed by atoms with Gasteiger partial charge in [-0.15, -0.1) is 11.3 Å². The van der Waals surface area contributed by atoms with Gasteiger partial charge >= 0.3 is 0 Å². The van der Waals surface area contributed by atoms with Crippen molar-refractivity contribution in [3.8, 4) is 0 Å². The Morgan fingerprint density at radius 2 is 2.08 bits per heavy atom. The third-order valence-corrected chi connectivity index (χ3v) is 5.04. The van der Waals surface area contributed by atoms with Crippen LogP contribution in [0, 0.1) is 5.82 Å². The number of carbonyl (C=O) groups is 1. The first kappa shape index (κ1) is 17.6. The molecule has 130 valence electrons. The molecule has 0 spiro atoms. The van der Waals surface area contributed by atoms with E-state index in [1.807, 2.05) is 18.2 Å². The maximum absolute atomic E-state index is 14.0. The molecule has 25 heavy (non-hydrogen) atoms. The quantitative estimate of drug-likeness (QED) is 0.727. The molecule has 3 rings (SSSR count). The highest BCUT2D eigenvalue weighted by atomic mass is 35.5. The number of amides is 1. The molecule has 7 heteroatoms. The van der Waals surface area contributed by atoms with Crippen molar-refractivity contribution >= 4 is 44.7 Å². The van der Waals surface area contributed by atoms with Crippen LogP contribution in [0.1, 0.15) is 15.4 Å². The Morgan fingerprint density at radius 3 is 2.80 bits per heavy atom. The summed E-state index contributed by atoms with van der Waals surface area (Å²) in [4.78, 5) is 18.3. The molecule has 0 unspecified atom stereocenters. The van der Waals surface area contributed by atoms with Crippen molar-refractivity contribution in [2.75, 3.05) is 25.5 Å². The number of fused-ring (bicyclic) bond motifs is 1. The second-order valence-electron chi connectivity index (χ2n) is 5.79. The van der Waals surface area contributed by atoms with Gasteiger partial charge in [0.15, 0.2) is 0 Å². The molecule has 0 saturated carbocycles. The summed E-state index contributed by atoms with van der Waals surface area (Å²) >= 11 is 7.53. The Hall–Kier alpha value is -2.18. The molecule has 0 aliphatic rings. The molecular formula is C18H17ClFN3OS. The van der Waals surface area contributed by atoms with E-state index in [1.54, 1.807) is 42.5 Å². The van der Waals surface area contributed by atoms with Crippen LogP contribution in [0.3, 0.4) is 0 Å². The van der Waals surface area contributed by atoms with Crippen molar-refractivity contribution in [1.29, 1.82) is 0 Å². The number of hydrogen-bond donors (Lipinski definition) is 1. The fourth-order valence-electron chi connectivity index (χ4n) is 2.45. The molecular weight excluding hydrogens is 361 g/mol. The number of nitrogens with one attached hydrogen (secondary N) is 1. The highest BCUT2D eigenvalue weighted by molar-refractivity contribution is 7.18. The molecule has 0 saturated heterocycles. The second kappa shape index (κ2) is 7.37. The SMILES string of the molecule is CN(C)c1ccc(C(=O)NCCc2nc3cc(Cl)ccc3s2)cc1F. The molecule has 4 nitrogen and oxygen atoms in total. The van der Waals surface area contributed by atoms with Crippen LogP contribution in [0.5, 0.6) is 0 Å². The van der Waals surface area contributed by atoms with Crippen LogP contribution < -0.4 is 10.2 Å². The second-order valence-corrected chi connectivity index (χ2v) is 7.34. The first-order valence-corrected chi connectivity index (χ1v) is 8.93. The number of anilines is 1. The lowest BCUT2D eigenvalue weighted by atomic mass is 10.1. The molecule has 0 atom stereocenters. The minimum Gasteiger partial charge on any atom is -0.375 e.